The van der Waals surface area contributed by atoms with Crippen LogP contribution in [0.5, 0.6) is 5.75 Å². The van der Waals surface area contributed by atoms with Gasteiger partial charge < -0.3 is 15.0 Å². The number of anilines is 1. The van der Waals surface area contributed by atoms with Crippen LogP contribution in [0.15, 0.2) is 24.3 Å². The number of amides is 1. The van der Waals surface area contributed by atoms with E-state index in [0.29, 0.717) is 0 Å². The van der Waals surface area contributed by atoms with Gasteiger partial charge in [-0.15, -0.1) is 0 Å². The van der Waals surface area contributed by atoms with E-state index in [-0.39, 0.29) is 11.3 Å². The van der Waals surface area contributed by atoms with Crippen molar-refractivity contribution < 1.29 is 9.53 Å². The van der Waals surface area contributed by atoms with Gasteiger partial charge >= 0.3 is 0 Å². The Morgan fingerprint density at radius 1 is 1.40 bits per heavy atom. The number of carbonyl (C=O) groups is 1. The molecule has 1 aromatic carbocycles. The Morgan fingerprint density at radius 2 is 2.10 bits per heavy atom. The minimum absolute atomic E-state index is 0.206. The molecule has 0 saturated carbocycles. The fourth-order valence-electron chi connectivity index (χ4n) is 2.88. The minimum Gasteiger partial charge on any atom is -0.497 e. The maximum atomic E-state index is 12.9. The zero-order chi connectivity index (χ0) is 14.6. The van der Waals surface area contributed by atoms with Gasteiger partial charge in [0.05, 0.1) is 12.5 Å². The zero-order valence-electron chi connectivity index (χ0n) is 12.6. The van der Waals surface area contributed by atoms with E-state index >= 15 is 0 Å². The van der Waals surface area contributed by atoms with Gasteiger partial charge in [0.1, 0.15) is 5.75 Å². The third kappa shape index (κ3) is 2.80. The molecular weight excluding hydrogens is 252 g/mol. The Hall–Kier alpha value is -1.55. The van der Waals surface area contributed by atoms with Crippen molar-refractivity contribution in [3.63, 3.8) is 0 Å². The molecule has 0 aliphatic carbocycles. The molecule has 1 heterocycles. The van der Waals surface area contributed by atoms with Gasteiger partial charge in [-0.2, -0.15) is 0 Å². The molecule has 0 aromatic heterocycles. The van der Waals surface area contributed by atoms with Gasteiger partial charge in [-0.1, -0.05) is 6.92 Å². The van der Waals surface area contributed by atoms with Crippen LogP contribution < -0.4 is 15.0 Å². The summed E-state index contributed by atoms with van der Waals surface area (Å²) < 4.78 is 5.15. The van der Waals surface area contributed by atoms with Crippen molar-refractivity contribution >= 4 is 11.6 Å². The van der Waals surface area contributed by atoms with Crippen LogP contribution in [0.25, 0.3) is 0 Å². The summed E-state index contributed by atoms with van der Waals surface area (Å²) in [6, 6.07) is 7.63. The van der Waals surface area contributed by atoms with E-state index in [9.17, 15) is 4.79 Å². The van der Waals surface area contributed by atoms with Crippen LogP contribution in [0.4, 0.5) is 5.69 Å². The lowest BCUT2D eigenvalue weighted by Gasteiger charge is -2.38. The van der Waals surface area contributed by atoms with Crippen LogP contribution in [0, 0.1) is 5.41 Å². The molecule has 110 valence electrons. The summed E-state index contributed by atoms with van der Waals surface area (Å²) in [5.74, 6) is 1.01. The Balaban J connectivity index is 2.17. The van der Waals surface area contributed by atoms with E-state index in [1.807, 2.05) is 31.3 Å². The first-order valence-electron chi connectivity index (χ1n) is 7.26. The second kappa shape index (κ2) is 6.27. The molecule has 20 heavy (non-hydrogen) atoms. The Kier molecular flexibility index (Phi) is 4.65. The first kappa shape index (κ1) is 14.9. The molecule has 1 N–H and O–H groups in total. The first-order chi connectivity index (χ1) is 9.63. The number of carbonyl (C=O) groups excluding carboxylic acids is 1. The highest BCUT2D eigenvalue weighted by atomic mass is 16.5. The summed E-state index contributed by atoms with van der Waals surface area (Å²) in [6.07, 6.45) is 2.91. The van der Waals surface area contributed by atoms with E-state index in [1.54, 1.807) is 12.0 Å². The predicted molar refractivity (Wildman–Crippen MR) is 81.2 cm³/mol. The summed E-state index contributed by atoms with van der Waals surface area (Å²) >= 11 is 0. The molecule has 0 bridgehead atoms. The van der Waals surface area contributed by atoms with Crippen molar-refractivity contribution in [1.82, 2.24) is 5.32 Å². The van der Waals surface area contributed by atoms with Gasteiger partial charge in [0.2, 0.25) is 5.91 Å². The summed E-state index contributed by atoms with van der Waals surface area (Å²) in [5.41, 5.74) is 0.654. The van der Waals surface area contributed by atoms with Gasteiger partial charge in [-0.3, -0.25) is 4.79 Å². The predicted octanol–water partition coefficient (Wildman–Crippen LogP) is 2.44. The number of nitrogens with one attached hydrogen (secondary N) is 1. The van der Waals surface area contributed by atoms with Gasteiger partial charge in [0, 0.05) is 19.3 Å². The molecule has 4 nitrogen and oxygen atoms in total. The maximum Gasteiger partial charge on any atom is 0.234 e. The third-order valence-corrected chi connectivity index (χ3v) is 4.37. The van der Waals surface area contributed by atoms with Gasteiger partial charge in [-0.05, 0) is 50.1 Å². The fourth-order valence-corrected chi connectivity index (χ4v) is 2.88. The standard InChI is InChI=1S/C16H24N2O2/c1-4-16(10-5-11-17-12-16)15(19)18(2)13-6-8-14(20-3)9-7-13/h6-9,17H,4-5,10-12H2,1-3H3. The molecule has 1 saturated heterocycles. The SMILES string of the molecule is CCC1(C(=O)N(C)c2ccc(OC)cc2)CCCNC1. The number of ether oxygens (including phenoxy) is 1. The Labute approximate surface area is 121 Å². The summed E-state index contributed by atoms with van der Waals surface area (Å²) in [5, 5.41) is 3.36. The van der Waals surface area contributed by atoms with Crippen LogP contribution in [0.3, 0.4) is 0 Å². The van der Waals surface area contributed by atoms with E-state index < -0.39 is 0 Å². The van der Waals surface area contributed by atoms with E-state index in [4.69, 9.17) is 4.74 Å². The lowest BCUT2D eigenvalue weighted by Crippen LogP contribution is -2.50. The molecule has 0 radical (unpaired) electrons. The van der Waals surface area contributed by atoms with Gasteiger partial charge in [0.25, 0.3) is 0 Å². The molecule has 0 spiro atoms. The van der Waals surface area contributed by atoms with Crippen molar-refractivity contribution in [3.8, 4) is 5.75 Å². The van der Waals surface area contributed by atoms with Crippen LogP contribution in [0.2, 0.25) is 0 Å². The third-order valence-electron chi connectivity index (χ3n) is 4.37. The second-order valence-corrected chi connectivity index (χ2v) is 5.48. The smallest absolute Gasteiger partial charge is 0.234 e. The molecule has 1 fully saturated rings. The lowest BCUT2D eigenvalue weighted by molar-refractivity contribution is -0.129. The average Bonchev–Trinajstić information content (AvgIpc) is 2.54. The van der Waals surface area contributed by atoms with Crippen LogP contribution in [0.1, 0.15) is 26.2 Å². The van der Waals surface area contributed by atoms with E-state index in [0.717, 1.165) is 43.8 Å². The van der Waals surface area contributed by atoms with Crippen LogP contribution in [-0.4, -0.2) is 33.2 Å². The monoisotopic (exact) mass is 276 g/mol. The topological polar surface area (TPSA) is 41.6 Å². The Bertz CT molecular complexity index is 450. The van der Waals surface area contributed by atoms with E-state index in [2.05, 4.69) is 12.2 Å². The fraction of sp³-hybridized carbons (Fsp3) is 0.562. The van der Waals surface area contributed by atoms with Crippen molar-refractivity contribution in [3.05, 3.63) is 24.3 Å². The number of methoxy groups -OCH3 is 1. The quantitative estimate of drug-likeness (QED) is 0.918. The first-order valence-corrected chi connectivity index (χ1v) is 7.26. The van der Waals surface area contributed by atoms with Crippen LogP contribution >= 0.6 is 0 Å². The van der Waals surface area contributed by atoms with Crippen molar-refractivity contribution in [2.45, 2.75) is 26.2 Å². The highest BCUT2D eigenvalue weighted by Gasteiger charge is 2.39. The number of rotatable bonds is 4. The minimum atomic E-state index is -0.257. The number of nitrogens with zero attached hydrogens (tertiary/aromatic N) is 1. The van der Waals surface area contributed by atoms with Crippen molar-refractivity contribution in [2.75, 3.05) is 32.1 Å². The van der Waals surface area contributed by atoms with Gasteiger partial charge in [0.15, 0.2) is 0 Å². The van der Waals surface area contributed by atoms with E-state index in [1.165, 1.54) is 0 Å². The number of hydrogen-bond acceptors (Lipinski definition) is 3. The number of piperidine rings is 1. The molecular formula is C16H24N2O2. The largest absolute Gasteiger partial charge is 0.497 e. The molecule has 1 aliphatic heterocycles. The second-order valence-electron chi connectivity index (χ2n) is 5.48. The summed E-state index contributed by atoms with van der Waals surface area (Å²) in [4.78, 5) is 14.6. The normalized spacial score (nSPS) is 22.4. The number of hydrogen-bond donors (Lipinski definition) is 1. The maximum absolute atomic E-state index is 12.9. The summed E-state index contributed by atoms with van der Waals surface area (Å²) in [6.45, 7) is 3.90. The molecule has 2 rings (SSSR count). The summed E-state index contributed by atoms with van der Waals surface area (Å²) in [7, 11) is 3.50. The highest BCUT2D eigenvalue weighted by molar-refractivity contribution is 5.97. The lowest BCUT2D eigenvalue weighted by atomic mass is 9.77. The molecule has 1 unspecified atom stereocenters. The molecule has 1 atom stereocenters. The highest BCUT2D eigenvalue weighted by Crippen LogP contribution is 2.33. The Morgan fingerprint density at radius 3 is 2.60 bits per heavy atom. The van der Waals surface area contributed by atoms with Crippen molar-refractivity contribution in [1.29, 1.82) is 0 Å². The van der Waals surface area contributed by atoms with Crippen molar-refractivity contribution in [2.24, 2.45) is 5.41 Å². The molecule has 4 heteroatoms. The molecule has 1 aliphatic rings. The zero-order valence-corrected chi connectivity index (χ0v) is 12.6. The van der Waals surface area contributed by atoms with Crippen LogP contribution in [-0.2, 0) is 4.79 Å². The number of benzene rings is 1. The molecule has 1 aromatic rings. The molecule has 1 amide bonds. The van der Waals surface area contributed by atoms with Gasteiger partial charge in [-0.25, -0.2) is 0 Å². The average molecular weight is 276 g/mol.